The zero-order chi connectivity index (χ0) is 22.6. The number of hydrogen-bond donors (Lipinski definition) is 1. The Labute approximate surface area is 178 Å². The van der Waals surface area contributed by atoms with Crippen molar-refractivity contribution in [3.05, 3.63) is 71.0 Å². The predicted octanol–water partition coefficient (Wildman–Crippen LogP) is 4.76. The highest BCUT2D eigenvalue weighted by Crippen LogP contribution is 2.30. The standard InChI is InChI=1S/C23H24F4N2O2/c1-15(16-6-8-17(9-7-16)23(25,26)27)14-21(30)28-18-10-12-29(13-11-18)22(31)19-4-2-3-5-20(19)24/h2-9,15,18H,10-14H2,1H3,(H,28,30). The molecule has 1 saturated heterocycles. The molecule has 1 atom stereocenters. The average Bonchev–Trinajstić information content (AvgIpc) is 2.73. The predicted molar refractivity (Wildman–Crippen MR) is 108 cm³/mol. The van der Waals surface area contributed by atoms with Crippen molar-refractivity contribution in [1.82, 2.24) is 10.2 Å². The third-order valence-electron chi connectivity index (χ3n) is 5.55. The van der Waals surface area contributed by atoms with Gasteiger partial charge in [0.05, 0.1) is 11.1 Å². The van der Waals surface area contributed by atoms with Gasteiger partial charge in [0.25, 0.3) is 5.91 Å². The molecule has 0 bridgehead atoms. The molecule has 31 heavy (non-hydrogen) atoms. The number of nitrogens with zero attached hydrogens (tertiary/aromatic N) is 1. The van der Waals surface area contributed by atoms with Crippen LogP contribution in [0.1, 0.15) is 53.6 Å². The molecule has 8 heteroatoms. The summed E-state index contributed by atoms with van der Waals surface area (Å²) >= 11 is 0. The first kappa shape index (κ1) is 22.8. The van der Waals surface area contributed by atoms with Crippen LogP contribution >= 0.6 is 0 Å². The summed E-state index contributed by atoms with van der Waals surface area (Å²) < 4.78 is 51.9. The van der Waals surface area contributed by atoms with Gasteiger partial charge in [-0.3, -0.25) is 9.59 Å². The number of rotatable bonds is 5. The average molecular weight is 436 g/mol. The third-order valence-corrected chi connectivity index (χ3v) is 5.55. The number of benzene rings is 2. The first-order valence-electron chi connectivity index (χ1n) is 10.2. The number of amides is 2. The number of halogens is 4. The summed E-state index contributed by atoms with van der Waals surface area (Å²) in [6.45, 7) is 2.61. The van der Waals surface area contributed by atoms with Crippen molar-refractivity contribution in [2.24, 2.45) is 0 Å². The Hall–Kier alpha value is -2.90. The summed E-state index contributed by atoms with van der Waals surface area (Å²) in [7, 11) is 0. The van der Waals surface area contributed by atoms with Gasteiger partial charge < -0.3 is 10.2 Å². The quantitative estimate of drug-likeness (QED) is 0.688. The van der Waals surface area contributed by atoms with E-state index in [1.807, 2.05) is 0 Å². The van der Waals surface area contributed by atoms with Gasteiger partial charge in [0.2, 0.25) is 5.91 Å². The van der Waals surface area contributed by atoms with Crippen LogP contribution in [0.3, 0.4) is 0 Å². The molecular formula is C23H24F4N2O2. The Balaban J connectivity index is 1.47. The topological polar surface area (TPSA) is 49.4 Å². The van der Waals surface area contributed by atoms with Gasteiger partial charge in [-0.15, -0.1) is 0 Å². The van der Waals surface area contributed by atoms with Crippen LogP contribution in [-0.2, 0) is 11.0 Å². The van der Waals surface area contributed by atoms with Crippen LogP contribution in [0.5, 0.6) is 0 Å². The van der Waals surface area contributed by atoms with Gasteiger partial charge >= 0.3 is 6.18 Å². The number of likely N-dealkylation sites (tertiary alicyclic amines) is 1. The molecule has 0 aromatic heterocycles. The van der Waals surface area contributed by atoms with E-state index >= 15 is 0 Å². The van der Waals surface area contributed by atoms with E-state index in [2.05, 4.69) is 5.32 Å². The van der Waals surface area contributed by atoms with Crippen molar-refractivity contribution in [2.45, 2.75) is 44.3 Å². The molecule has 2 aromatic carbocycles. The summed E-state index contributed by atoms with van der Waals surface area (Å²) in [5.74, 6) is -1.34. The van der Waals surface area contributed by atoms with Gasteiger partial charge in [-0.2, -0.15) is 13.2 Å². The maximum Gasteiger partial charge on any atom is 0.416 e. The van der Waals surface area contributed by atoms with Crippen LogP contribution < -0.4 is 5.32 Å². The Kier molecular flexibility index (Phi) is 6.97. The van der Waals surface area contributed by atoms with E-state index in [1.54, 1.807) is 17.9 Å². The SMILES string of the molecule is CC(CC(=O)NC1CCN(C(=O)c2ccccc2F)CC1)c1ccc(C(F)(F)F)cc1. The molecule has 1 N–H and O–H groups in total. The van der Waals surface area contributed by atoms with E-state index < -0.39 is 17.6 Å². The molecule has 2 amide bonds. The monoisotopic (exact) mass is 436 g/mol. The lowest BCUT2D eigenvalue weighted by Crippen LogP contribution is -2.46. The maximum absolute atomic E-state index is 13.8. The molecule has 0 aliphatic carbocycles. The zero-order valence-corrected chi connectivity index (χ0v) is 17.1. The number of nitrogens with one attached hydrogen (secondary N) is 1. The highest BCUT2D eigenvalue weighted by molar-refractivity contribution is 5.94. The van der Waals surface area contributed by atoms with Crippen molar-refractivity contribution in [3.63, 3.8) is 0 Å². The summed E-state index contributed by atoms with van der Waals surface area (Å²) in [5.41, 5.74) is -0.0200. The van der Waals surface area contributed by atoms with Crippen molar-refractivity contribution in [3.8, 4) is 0 Å². The summed E-state index contributed by atoms with van der Waals surface area (Å²) in [6.07, 6.45) is -3.12. The minimum Gasteiger partial charge on any atom is -0.353 e. The second-order valence-electron chi connectivity index (χ2n) is 7.84. The fourth-order valence-corrected chi connectivity index (χ4v) is 3.72. The van der Waals surface area contributed by atoms with Crippen LogP contribution in [0.25, 0.3) is 0 Å². The van der Waals surface area contributed by atoms with Crippen molar-refractivity contribution >= 4 is 11.8 Å². The first-order chi connectivity index (χ1) is 14.6. The van der Waals surface area contributed by atoms with E-state index in [0.717, 1.165) is 12.1 Å². The van der Waals surface area contributed by atoms with Gasteiger partial charge in [-0.25, -0.2) is 4.39 Å². The highest BCUT2D eigenvalue weighted by Gasteiger charge is 2.30. The molecule has 1 aliphatic rings. The Bertz CT molecular complexity index is 920. The van der Waals surface area contributed by atoms with Gasteiger partial charge in [0, 0.05) is 25.6 Å². The molecule has 3 rings (SSSR count). The van der Waals surface area contributed by atoms with E-state index in [1.165, 1.54) is 30.3 Å². The molecule has 1 fully saturated rings. The summed E-state index contributed by atoms with van der Waals surface area (Å²) in [4.78, 5) is 26.4. The van der Waals surface area contributed by atoms with Gasteiger partial charge in [-0.1, -0.05) is 31.2 Å². The second kappa shape index (κ2) is 9.49. The van der Waals surface area contributed by atoms with Gasteiger partial charge in [0.1, 0.15) is 5.82 Å². The molecule has 0 spiro atoms. The van der Waals surface area contributed by atoms with Gasteiger partial charge in [-0.05, 0) is 48.6 Å². The smallest absolute Gasteiger partial charge is 0.353 e. The summed E-state index contributed by atoms with van der Waals surface area (Å²) in [6, 6.07) is 10.6. The molecule has 1 heterocycles. The number of piperidine rings is 1. The highest BCUT2D eigenvalue weighted by atomic mass is 19.4. The van der Waals surface area contributed by atoms with Crippen molar-refractivity contribution in [1.29, 1.82) is 0 Å². The number of carbonyl (C=O) groups excluding carboxylic acids is 2. The molecule has 0 radical (unpaired) electrons. The lowest BCUT2D eigenvalue weighted by Gasteiger charge is -2.32. The lowest BCUT2D eigenvalue weighted by molar-refractivity contribution is -0.137. The number of hydrogen-bond acceptors (Lipinski definition) is 2. The minimum atomic E-state index is -4.39. The number of carbonyl (C=O) groups is 2. The fourth-order valence-electron chi connectivity index (χ4n) is 3.72. The second-order valence-corrected chi connectivity index (χ2v) is 7.84. The fraction of sp³-hybridized carbons (Fsp3) is 0.391. The van der Waals surface area contributed by atoms with Gasteiger partial charge in [0.15, 0.2) is 0 Å². The first-order valence-corrected chi connectivity index (χ1v) is 10.2. The van der Waals surface area contributed by atoms with Crippen LogP contribution in [0.2, 0.25) is 0 Å². The van der Waals surface area contributed by atoms with E-state index in [9.17, 15) is 27.2 Å². The Morgan fingerprint density at radius 2 is 1.68 bits per heavy atom. The molecule has 166 valence electrons. The zero-order valence-electron chi connectivity index (χ0n) is 17.1. The van der Waals surface area contributed by atoms with Crippen LogP contribution in [0, 0.1) is 5.82 Å². The maximum atomic E-state index is 13.8. The number of alkyl halides is 3. The third kappa shape index (κ3) is 5.83. The van der Waals surface area contributed by atoms with Crippen molar-refractivity contribution < 1.29 is 27.2 Å². The molecule has 1 unspecified atom stereocenters. The Morgan fingerprint density at radius 1 is 1.06 bits per heavy atom. The van der Waals surface area contributed by atoms with E-state index in [0.29, 0.717) is 31.5 Å². The Morgan fingerprint density at radius 3 is 2.26 bits per heavy atom. The normalized spacial score (nSPS) is 16.1. The van der Waals surface area contributed by atoms with Crippen LogP contribution in [-0.4, -0.2) is 35.8 Å². The summed E-state index contributed by atoms with van der Waals surface area (Å²) in [5, 5.41) is 2.93. The molecule has 1 aliphatic heterocycles. The molecule has 0 saturated carbocycles. The van der Waals surface area contributed by atoms with E-state index in [4.69, 9.17) is 0 Å². The molecule has 2 aromatic rings. The van der Waals surface area contributed by atoms with Crippen LogP contribution in [0.4, 0.5) is 17.6 Å². The van der Waals surface area contributed by atoms with Crippen molar-refractivity contribution in [2.75, 3.05) is 13.1 Å². The molecule has 4 nitrogen and oxygen atoms in total. The lowest BCUT2D eigenvalue weighted by atomic mass is 9.95. The largest absolute Gasteiger partial charge is 0.416 e. The van der Waals surface area contributed by atoms with E-state index in [-0.39, 0.29) is 35.8 Å². The minimum absolute atomic E-state index is 0.0374. The van der Waals surface area contributed by atoms with Crippen LogP contribution in [0.15, 0.2) is 48.5 Å². The molecular weight excluding hydrogens is 412 g/mol.